The Morgan fingerprint density at radius 3 is 2.33 bits per heavy atom. The van der Waals surface area contributed by atoms with Gasteiger partial charge in [0.15, 0.2) is 0 Å². The van der Waals surface area contributed by atoms with E-state index in [0.29, 0.717) is 20.3 Å². The number of rotatable bonds is 1. The van der Waals surface area contributed by atoms with E-state index >= 15 is 0 Å². The van der Waals surface area contributed by atoms with Crippen LogP contribution in [0.1, 0.15) is 0 Å². The van der Waals surface area contributed by atoms with Crippen molar-refractivity contribution >= 4 is 14.5 Å². The third-order valence-corrected chi connectivity index (χ3v) is 3.60. The van der Waals surface area contributed by atoms with Crippen LogP contribution in [0.25, 0.3) is 10.0 Å². The van der Waals surface area contributed by atoms with Crippen molar-refractivity contribution in [2.45, 2.75) is 0 Å². The third-order valence-electron chi connectivity index (χ3n) is 1.67. The van der Waals surface area contributed by atoms with Gasteiger partial charge in [-0.3, -0.25) is 0 Å². The molecule has 1 N–H and O–H groups in total. The van der Waals surface area contributed by atoms with Gasteiger partial charge in [-0.15, -0.1) is 0 Å². The van der Waals surface area contributed by atoms with Crippen molar-refractivity contribution in [1.29, 1.82) is 0 Å². The minimum absolute atomic E-state index is 0.331. The Morgan fingerprint density at radius 2 is 1.75 bits per heavy atom. The van der Waals surface area contributed by atoms with Gasteiger partial charge >= 0.3 is 76.7 Å². The average molecular weight is 223 g/mol. The summed E-state index contributed by atoms with van der Waals surface area (Å²) >= 11 is 0.483. The fraction of sp³-hybridized carbons (Fsp3) is 0. The van der Waals surface area contributed by atoms with E-state index < -0.39 is 0 Å². The van der Waals surface area contributed by atoms with Gasteiger partial charge in [-0.2, -0.15) is 0 Å². The molecule has 1 nitrogen and oxygen atoms in total. The van der Waals surface area contributed by atoms with Gasteiger partial charge in [-0.05, 0) is 0 Å². The minimum atomic E-state index is 0.331. The van der Waals surface area contributed by atoms with E-state index in [1.165, 1.54) is 10.0 Å². The first kappa shape index (κ1) is 7.66. The first-order valence-corrected chi connectivity index (χ1v) is 5.54. The molecule has 0 radical (unpaired) electrons. The molecule has 2 aromatic rings. The van der Waals surface area contributed by atoms with Crippen LogP contribution >= 0.6 is 0 Å². The molecule has 0 amide bonds. The van der Waals surface area contributed by atoms with Gasteiger partial charge in [-0.25, -0.2) is 0 Å². The number of hydrogen-bond acceptors (Lipinski definition) is 1. The summed E-state index contributed by atoms with van der Waals surface area (Å²) in [5.74, 6) is 0.331. The van der Waals surface area contributed by atoms with Crippen LogP contribution in [0.5, 0.6) is 5.75 Å². The van der Waals surface area contributed by atoms with Crippen LogP contribution in [0.15, 0.2) is 41.3 Å². The Kier molecular flexibility index (Phi) is 2.03. The summed E-state index contributed by atoms with van der Waals surface area (Å²) in [5, 5.41) is 9.07. The SMILES string of the molecule is Oc1ccc(-c2ccc[se]2)cc1. The van der Waals surface area contributed by atoms with E-state index in [0.717, 1.165) is 0 Å². The predicted octanol–water partition coefficient (Wildman–Crippen LogP) is 2.12. The van der Waals surface area contributed by atoms with Crippen molar-refractivity contribution < 1.29 is 5.11 Å². The van der Waals surface area contributed by atoms with Crippen molar-refractivity contribution in [3.63, 3.8) is 0 Å². The number of phenols is 1. The molecule has 0 aliphatic rings. The van der Waals surface area contributed by atoms with E-state index in [1.54, 1.807) is 12.1 Å². The van der Waals surface area contributed by atoms with Crippen LogP contribution in [-0.2, 0) is 0 Å². The van der Waals surface area contributed by atoms with Crippen molar-refractivity contribution in [1.82, 2.24) is 0 Å². The van der Waals surface area contributed by atoms with Gasteiger partial charge in [0.1, 0.15) is 0 Å². The molecule has 1 aromatic carbocycles. The molecule has 1 aromatic heterocycles. The van der Waals surface area contributed by atoms with E-state index in [4.69, 9.17) is 5.11 Å². The van der Waals surface area contributed by atoms with Crippen LogP contribution in [0, 0.1) is 0 Å². The topological polar surface area (TPSA) is 20.2 Å². The van der Waals surface area contributed by atoms with Gasteiger partial charge in [0.25, 0.3) is 0 Å². The maximum absolute atomic E-state index is 9.07. The summed E-state index contributed by atoms with van der Waals surface area (Å²) in [6, 6.07) is 11.6. The Morgan fingerprint density at radius 1 is 1.00 bits per heavy atom. The second-order valence-corrected chi connectivity index (χ2v) is 4.51. The third kappa shape index (κ3) is 1.45. The molecule has 60 valence electrons. The van der Waals surface area contributed by atoms with Crippen molar-refractivity contribution in [2.24, 2.45) is 0 Å². The summed E-state index contributed by atoms with van der Waals surface area (Å²) in [7, 11) is 0. The quantitative estimate of drug-likeness (QED) is 0.734. The average Bonchev–Trinajstić information content (AvgIpc) is 2.58. The fourth-order valence-electron chi connectivity index (χ4n) is 1.07. The zero-order valence-corrected chi connectivity index (χ0v) is 8.11. The Balaban J connectivity index is 2.43. The number of hydrogen-bond donors (Lipinski definition) is 1. The van der Waals surface area contributed by atoms with Crippen LogP contribution in [0.2, 0.25) is 0 Å². The van der Waals surface area contributed by atoms with Gasteiger partial charge in [-0.1, -0.05) is 0 Å². The second kappa shape index (κ2) is 3.18. The molecule has 12 heavy (non-hydrogen) atoms. The van der Waals surface area contributed by atoms with E-state index in [9.17, 15) is 0 Å². The summed E-state index contributed by atoms with van der Waals surface area (Å²) in [4.78, 5) is 2.19. The molecule has 0 fully saturated rings. The number of phenolic OH excluding ortho intramolecular Hbond substituents is 1. The molecule has 0 bridgehead atoms. The van der Waals surface area contributed by atoms with Crippen molar-refractivity contribution in [3.05, 3.63) is 41.3 Å². The second-order valence-electron chi connectivity index (χ2n) is 2.52. The summed E-state index contributed by atoms with van der Waals surface area (Å²) in [6.07, 6.45) is 0. The Hall–Kier alpha value is -0.981. The van der Waals surface area contributed by atoms with Gasteiger partial charge in [0, 0.05) is 0 Å². The van der Waals surface area contributed by atoms with Crippen LogP contribution in [0.4, 0.5) is 0 Å². The molecule has 2 heteroatoms. The Labute approximate surface area is 77.0 Å². The van der Waals surface area contributed by atoms with E-state index in [2.05, 4.69) is 17.1 Å². The van der Waals surface area contributed by atoms with Crippen molar-refractivity contribution in [2.75, 3.05) is 0 Å². The molecule has 0 aliphatic heterocycles. The van der Waals surface area contributed by atoms with E-state index in [-0.39, 0.29) is 0 Å². The normalized spacial score (nSPS) is 10.0. The molecule has 0 spiro atoms. The molecule has 0 atom stereocenters. The van der Waals surface area contributed by atoms with Crippen LogP contribution < -0.4 is 0 Å². The molecule has 2 rings (SSSR count). The summed E-state index contributed by atoms with van der Waals surface area (Å²) in [6.45, 7) is 0. The predicted molar refractivity (Wildman–Crippen MR) is 50.5 cm³/mol. The molecule has 0 aliphatic carbocycles. The number of aromatic hydroxyl groups is 1. The van der Waals surface area contributed by atoms with Gasteiger partial charge in [0.05, 0.1) is 0 Å². The zero-order valence-electron chi connectivity index (χ0n) is 6.40. The summed E-state index contributed by atoms with van der Waals surface area (Å²) < 4.78 is 1.38. The molecule has 0 saturated heterocycles. The maximum atomic E-state index is 9.07. The molecule has 1 heterocycles. The van der Waals surface area contributed by atoms with Gasteiger partial charge < -0.3 is 0 Å². The van der Waals surface area contributed by atoms with E-state index in [1.807, 2.05) is 12.1 Å². The van der Waals surface area contributed by atoms with Gasteiger partial charge in [0.2, 0.25) is 0 Å². The first-order chi connectivity index (χ1) is 5.86. The zero-order chi connectivity index (χ0) is 8.39. The Bertz CT molecular complexity index is 348. The fourth-order valence-corrected chi connectivity index (χ4v) is 2.61. The molecule has 0 unspecified atom stereocenters. The standard InChI is InChI=1S/C10H8OSe/c11-9-5-3-8(4-6-9)10-2-1-7-12-10/h1-7,11H. The van der Waals surface area contributed by atoms with Crippen LogP contribution in [0.3, 0.4) is 0 Å². The molecule has 0 saturated carbocycles. The first-order valence-electron chi connectivity index (χ1n) is 3.69. The monoisotopic (exact) mass is 224 g/mol. The molecular weight excluding hydrogens is 215 g/mol. The summed E-state index contributed by atoms with van der Waals surface area (Å²) in [5.41, 5.74) is 1.22. The molecular formula is C10H8OSe. The van der Waals surface area contributed by atoms with Crippen LogP contribution in [-0.4, -0.2) is 19.6 Å². The van der Waals surface area contributed by atoms with Crippen molar-refractivity contribution in [3.8, 4) is 15.8 Å². The number of benzene rings is 1.